The summed E-state index contributed by atoms with van der Waals surface area (Å²) in [5.41, 5.74) is 3.46. The van der Waals surface area contributed by atoms with Crippen LogP contribution in [0.4, 0.5) is 4.39 Å². The quantitative estimate of drug-likeness (QED) is 0.206. The fourth-order valence-corrected chi connectivity index (χ4v) is 7.29. The van der Waals surface area contributed by atoms with Gasteiger partial charge in [-0.15, -0.1) is 0 Å². The number of unbranched alkanes of at least 4 members (excludes halogenated alkanes) is 6. The molecule has 0 saturated heterocycles. The number of hydrogen-bond donors (Lipinski definition) is 1. The van der Waals surface area contributed by atoms with Crippen molar-refractivity contribution in [1.82, 2.24) is 29.7 Å². The van der Waals surface area contributed by atoms with E-state index in [1.54, 1.807) is 0 Å². The van der Waals surface area contributed by atoms with Crippen LogP contribution in [0.2, 0.25) is 0 Å². The van der Waals surface area contributed by atoms with Gasteiger partial charge >= 0.3 is 0 Å². The number of hydrogen-bond acceptors (Lipinski definition) is 4. The van der Waals surface area contributed by atoms with Crippen molar-refractivity contribution in [2.45, 2.75) is 97.4 Å². The van der Waals surface area contributed by atoms with Gasteiger partial charge in [0.25, 0.3) is 0 Å². The Morgan fingerprint density at radius 2 is 1.71 bits per heavy atom. The molecule has 7 heteroatoms. The summed E-state index contributed by atoms with van der Waals surface area (Å²) in [7, 11) is 0. The van der Waals surface area contributed by atoms with Crippen LogP contribution in [0.15, 0.2) is 24.7 Å². The molecule has 4 heterocycles. The van der Waals surface area contributed by atoms with Crippen molar-refractivity contribution >= 4 is 22.1 Å². The first-order valence-corrected chi connectivity index (χ1v) is 15.0. The Morgan fingerprint density at radius 3 is 2.50 bits per heavy atom. The first-order valence-electron chi connectivity index (χ1n) is 15.0. The van der Waals surface area contributed by atoms with Crippen LogP contribution in [0.3, 0.4) is 0 Å². The largest absolute Gasteiger partial charge is 0.345 e. The number of H-pyrrole nitrogens is 1. The monoisotopic (exact) mass is 516 g/mol. The maximum atomic E-state index is 14.1. The van der Waals surface area contributed by atoms with E-state index in [-0.39, 0.29) is 5.82 Å². The lowest BCUT2D eigenvalue weighted by Crippen LogP contribution is -2.39. The zero-order chi connectivity index (χ0) is 26.1. The minimum atomic E-state index is -0.351. The minimum absolute atomic E-state index is 0.351. The van der Waals surface area contributed by atoms with Gasteiger partial charge in [-0.05, 0) is 68.3 Å². The lowest BCUT2D eigenvalue weighted by atomic mass is 9.58. The molecule has 0 aromatic carbocycles. The number of pyridine rings is 1. The Hall–Kier alpha value is -2.83. The molecule has 0 spiro atoms. The van der Waals surface area contributed by atoms with Crippen molar-refractivity contribution < 1.29 is 4.39 Å². The van der Waals surface area contributed by atoms with Gasteiger partial charge in [-0.2, -0.15) is 5.10 Å². The second kappa shape index (κ2) is 11.1. The molecule has 2 unspecified atom stereocenters. The Labute approximate surface area is 224 Å². The summed E-state index contributed by atoms with van der Waals surface area (Å²) in [6.45, 7) is 5.58. The molecule has 0 amide bonds. The van der Waals surface area contributed by atoms with Gasteiger partial charge in [0.1, 0.15) is 11.5 Å². The second-order valence-corrected chi connectivity index (χ2v) is 11.9. The van der Waals surface area contributed by atoms with Crippen LogP contribution < -0.4 is 0 Å². The van der Waals surface area contributed by atoms with Crippen LogP contribution in [0.5, 0.6) is 0 Å². The smallest absolute Gasteiger partial charge is 0.164 e. The van der Waals surface area contributed by atoms with Crippen LogP contribution in [0.25, 0.3) is 33.5 Å². The van der Waals surface area contributed by atoms with Crippen LogP contribution in [-0.4, -0.2) is 29.7 Å². The number of halogens is 1. The van der Waals surface area contributed by atoms with Crippen molar-refractivity contribution in [3.63, 3.8) is 0 Å². The Bertz CT molecular complexity index is 1380. The zero-order valence-corrected chi connectivity index (χ0v) is 22.9. The number of aryl methyl sites for hydroxylation is 1. The lowest BCUT2D eigenvalue weighted by Gasteiger charge is -2.47. The molecular formula is C31H41FN6. The van der Waals surface area contributed by atoms with Crippen molar-refractivity contribution in [1.29, 1.82) is 0 Å². The van der Waals surface area contributed by atoms with Crippen LogP contribution >= 0.6 is 0 Å². The third kappa shape index (κ3) is 4.96. The second-order valence-electron chi connectivity index (χ2n) is 11.9. The molecular weight excluding hydrogens is 475 g/mol. The summed E-state index contributed by atoms with van der Waals surface area (Å²) < 4.78 is 16.2. The molecule has 3 aliphatic rings. The molecule has 7 rings (SSSR count). The number of aromatic nitrogens is 6. The van der Waals surface area contributed by atoms with E-state index in [1.807, 2.05) is 12.4 Å². The molecule has 202 valence electrons. The average Bonchev–Trinajstić information content (AvgIpc) is 3.54. The number of nitrogens with zero attached hydrogens (tertiary/aromatic N) is 5. The van der Waals surface area contributed by atoms with Crippen LogP contribution in [0.1, 0.15) is 90.2 Å². The maximum absolute atomic E-state index is 14.1. The molecule has 3 aliphatic carbocycles. The van der Waals surface area contributed by atoms with Gasteiger partial charge in [-0.25, -0.2) is 24.0 Å². The first-order chi connectivity index (χ1) is 18.6. The standard InChI is InChI=1S/C31H41FN6/c1-3-4-5-6-7-8-9-14-38-31-27(19-35-38)28(16-24-20(2)21-10-12-22(24)13-11-21)36-30(37-31)26-18-34-29-25(26)15-23(32)17-33-29/h15,17-22,24H,3-14,16H2,1-2H3,(H,33,34). The molecule has 3 saturated carbocycles. The number of aromatic amines is 1. The van der Waals surface area contributed by atoms with E-state index in [9.17, 15) is 4.39 Å². The molecule has 3 fully saturated rings. The fourth-order valence-electron chi connectivity index (χ4n) is 7.29. The van der Waals surface area contributed by atoms with E-state index in [4.69, 9.17) is 15.1 Å². The number of rotatable bonds is 11. The third-order valence-electron chi connectivity index (χ3n) is 9.56. The van der Waals surface area contributed by atoms with Gasteiger partial charge in [-0.3, -0.25) is 0 Å². The van der Waals surface area contributed by atoms with E-state index in [1.165, 1.54) is 76.5 Å². The summed E-state index contributed by atoms with van der Waals surface area (Å²) in [5, 5.41) is 6.60. The lowest BCUT2D eigenvalue weighted by molar-refractivity contribution is 0.0341. The van der Waals surface area contributed by atoms with Gasteiger partial charge in [0, 0.05) is 23.7 Å². The molecule has 0 aliphatic heterocycles. The highest BCUT2D eigenvalue weighted by Gasteiger charge is 2.41. The molecule has 4 aromatic heterocycles. The Balaban J connectivity index is 1.33. The minimum Gasteiger partial charge on any atom is -0.345 e. The van der Waals surface area contributed by atoms with E-state index in [0.717, 1.165) is 64.8 Å². The maximum Gasteiger partial charge on any atom is 0.164 e. The van der Waals surface area contributed by atoms with Crippen molar-refractivity contribution in [3.05, 3.63) is 36.2 Å². The Kier molecular flexibility index (Phi) is 7.44. The van der Waals surface area contributed by atoms with Gasteiger partial charge in [0.2, 0.25) is 0 Å². The van der Waals surface area contributed by atoms with Crippen LogP contribution in [0, 0.1) is 29.5 Å². The average molecular weight is 517 g/mol. The number of nitrogens with one attached hydrogen (secondary N) is 1. The highest BCUT2D eigenvalue weighted by Crippen LogP contribution is 2.50. The topological polar surface area (TPSA) is 72.3 Å². The summed E-state index contributed by atoms with van der Waals surface area (Å²) in [6.07, 6.45) is 20.4. The molecule has 38 heavy (non-hydrogen) atoms. The Morgan fingerprint density at radius 1 is 0.947 bits per heavy atom. The van der Waals surface area contributed by atoms with E-state index in [0.29, 0.717) is 17.4 Å². The highest BCUT2D eigenvalue weighted by atomic mass is 19.1. The highest BCUT2D eigenvalue weighted by molar-refractivity contribution is 5.92. The molecule has 2 atom stereocenters. The SMILES string of the molecule is CCCCCCCCCn1ncc2c(CC3C4CCC(CC4)C3C)nc(-c3c[nH]c4ncc(F)cc34)nc21. The van der Waals surface area contributed by atoms with Crippen molar-refractivity contribution in [3.8, 4) is 11.4 Å². The van der Waals surface area contributed by atoms with Gasteiger partial charge in [0.05, 0.1) is 23.5 Å². The van der Waals surface area contributed by atoms with Gasteiger partial charge in [0.15, 0.2) is 11.5 Å². The van der Waals surface area contributed by atoms with Crippen molar-refractivity contribution in [2.24, 2.45) is 23.7 Å². The molecule has 1 N–H and O–H groups in total. The molecule has 2 bridgehead atoms. The molecule has 4 aromatic rings. The molecule has 6 nitrogen and oxygen atoms in total. The molecule has 0 radical (unpaired) electrons. The van der Waals surface area contributed by atoms with E-state index < -0.39 is 0 Å². The summed E-state index contributed by atoms with van der Waals surface area (Å²) >= 11 is 0. The summed E-state index contributed by atoms with van der Waals surface area (Å²) in [6, 6.07) is 1.53. The van der Waals surface area contributed by atoms with Crippen LogP contribution in [-0.2, 0) is 13.0 Å². The normalized spacial score (nSPS) is 23.1. The predicted molar refractivity (Wildman–Crippen MR) is 150 cm³/mol. The zero-order valence-electron chi connectivity index (χ0n) is 22.9. The van der Waals surface area contributed by atoms with E-state index >= 15 is 0 Å². The summed E-state index contributed by atoms with van der Waals surface area (Å²) in [4.78, 5) is 17.6. The van der Waals surface area contributed by atoms with Crippen molar-refractivity contribution in [2.75, 3.05) is 0 Å². The predicted octanol–water partition coefficient (Wildman–Crippen LogP) is 7.87. The van der Waals surface area contributed by atoms with Gasteiger partial charge < -0.3 is 4.98 Å². The first kappa shape index (κ1) is 25.4. The summed E-state index contributed by atoms with van der Waals surface area (Å²) in [5.74, 6) is 3.31. The number of fused-ring (bicyclic) bond motifs is 5. The third-order valence-corrected chi connectivity index (χ3v) is 9.56. The van der Waals surface area contributed by atoms with E-state index in [2.05, 4.69) is 28.5 Å². The van der Waals surface area contributed by atoms with Gasteiger partial charge in [-0.1, -0.05) is 52.4 Å². The fraction of sp³-hybridized carbons (Fsp3) is 0.613.